The molecule has 2 heterocycles. The van der Waals surface area contributed by atoms with Gasteiger partial charge in [-0.25, -0.2) is 4.90 Å². The van der Waals surface area contributed by atoms with Gasteiger partial charge in [0.25, 0.3) is 5.91 Å². The number of hydrogen-bond acceptors (Lipinski definition) is 4. The molecular formula is C12H10BrN3O2. The molecule has 2 amide bonds. The van der Waals surface area contributed by atoms with E-state index in [0.29, 0.717) is 18.7 Å². The highest BCUT2D eigenvalue weighted by atomic mass is 79.9. The quantitative estimate of drug-likeness (QED) is 0.747. The van der Waals surface area contributed by atoms with Crippen LogP contribution in [0.15, 0.2) is 39.0 Å². The predicted octanol–water partition coefficient (Wildman–Crippen LogP) is 2.31. The van der Waals surface area contributed by atoms with Gasteiger partial charge in [0, 0.05) is 10.9 Å². The second-order valence-electron chi connectivity index (χ2n) is 4.43. The van der Waals surface area contributed by atoms with Crippen molar-refractivity contribution in [2.45, 2.75) is 18.4 Å². The topological polar surface area (TPSA) is 62.1 Å². The fraction of sp³-hybridized carbons (Fsp3) is 0.333. The summed E-state index contributed by atoms with van der Waals surface area (Å²) < 4.78 is 0.903. The van der Waals surface area contributed by atoms with Crippen LogP contribution >= 0.6 is 15.9 Å². The van der Waals surface area contributed by atoms with Gasteiger partial charge in [-0.1, -0.05) is 15.9 Å². The molecule has 0 aromatic heterocycles. The molecule has 2 aliphatic heterocycles. The van der Waals surface area contributed by atoms with E-state index in [0.717, 1.165) is 4.47 Å². The van der Waals surface area contributed by atoms with Gasteiger partial charge in [0.2, 0.25) is 5.91 Å². The van der Waals surface area contributed by atoms with Gasteiger partial charge < -0.3 is 0 Å². The van der Waals surface area contributed by atoms with Crippen molar-refractivity contribution in [3.05, 3.63) is 28.7 Å². The Morgan fingerprint density at radius 3 is 2.56 bits per heavy atom. The van der Waals surface area contributed by atoms with E-state index in [1.54, 1.807) is 24.3 Å². The first kappa shape index (κ1) is 11.5. The number of anilines is 1. The molecule has 18 heavy (non-hydrogen) atoms. The summed E-state index contributed by atoms with van der Waals surface area (Å²) in [4.78, 5) is 25.6. The monoisotopic (exact) mass is 307 g/mol. The van der Waals surface area contributed by atoms with E-state index >= 15 is 0 Å². The Morgan fingerprint density at radius 1 is 1.22 bits per heavy atom. The molecule has 5 nitrogen and oxygen atoms in total. The van der Waals surface area contributed by atoms with Gasteiger partial charge in [0.05, 0.1) is 18.7 Å². The molecule has 1 aromatic carbocycles. The van der Waals surface area contributed by atoms with E-state index in [1.165, 1.54) is 4.90 Å². The number of hydrogen-bond donors (Lipinski definition) is 0. The summed E-state index contributed by atoms with van der Waals surface area (Å²) in [5.74, 6) is -0.459. The van der Waals surface area contributed by atoms with Crippen molar-refractivity contribution in [3.8, 4) is 0 Å². The van der Waals surface area contributed by atoms with Crippen LogP contribution in [0.25, 0.3) is 0 Å². The van der Waals surface area contributed by atoms with E-state index in [2.05, 4.69) is 26.2 Å². The van der Waals surface area contributed by atoms with Crippen LogP contribution in [0.1, 0.15) is 12.8 Å². The highest BCUT2D eigenvalue weighted by Gasteiger charge is 2.54. The number of carbonyl (C=O) groups excluding carboxylic acids is 2. The molecule has 0 N–H and O–H groups in total. The standard InChI is InChI=1S/C12H10BrN3O2/c13-8-1-3-9(4-2-8)16-10(17)7-12(11(16)18)5-6-14-15-12/h1-4H,5-7H2. The van der Waals surface area contributed by atoms with Crippen LogP contribution in [0.4, 0.5) is 5.69 Å². The molecule has 1 fully saturated rings. The number of imide groups is 1. The summed E-state index contributed by atoms with van der Waals surface area (Å²) in [6.07, 6.45) is 0.663. The molecular weight excluding hydrogens is 298 g/mol. The Kier molecular flexibility index (Phi) is 2.55. The Balaban J connectivity index is 1.98. The lowest BCUT2D eigenvalue weighted by atomic mass is 9.96. The first-order valence-electron chi connectivity index (χ1n) is 5.64. The normalized spacial score (nSPS) is 26.6. The molecule has 1 aromatic rings. The molecule has 0 radical (unpaired) electrons. The molecule has 92 valence electrons. The maximum absolute atomic E-state index is 12.4. The van der Waals surface area contributed by atoms with Crippen molar-refractivity contribution < 1.29 is 9.59 Å². The number of benzene rings is 1. The van der Waals surface area contributed by atoms with Gasteiger partial charge in [-0.15, -0.1) is 0 Å². The zero-order valence-electron chi connectivity index (χ0n) is 9.47. The van der Waals surface area contributed by atoms with Gasteiger partial charge in [-0.2, -0.15) is 10.2 Å². The number of azo groups is 1. The molecule has 0 bridgehead atoms. The second kappa shape index (κ2) is 3.98. The Bertz CT molecular complexity index is 555. The smallest absolute Gasteiger partial charge is 0.264 e. The van der Waals surface area contributed by atoms with Crippen molar-refractivity contribution in [1.82, 2.24) is 0 Å². The predicted molar refractivity (Wildman–Crippen MR) is 68.3 cm³/mol. The third kappa shape index (κ3) is 1.59. The van der Waals surface area contributed by atoms with Crippen molar-refractivity contribution in [2.24, 2.45) is 10.2 Å². The summed E-state index contributed by atoms with van der Waals surface area (Å²) in [6.45, 7) is 0.521. The van der Waals surface area contributed by atoms with Crippen LogP contribution in [0.3, 0.4) is 0 Å². The van der Waals surface area contributed by atoms with E-state index in [1.807, 2.05) is 0 Å². The molecule has 1 spiro atoms. The summed E-state index contributed by atoms with van der Waals surface area (Å²) in [5.41, 5.74) is -0.336. The summed E-state index contributed by atoms with van der Waals surface area (Å²) in [6, 6.07) is 7.09. The third-order valence-electron chi connectivity index (χ3n) is 3.27. The largest absolute Gasteiger partial charge is 0.274 e. The average Bonchev–Trinajstić information content (AvgIpc) is 2.89. The molecule has 0 saturated carbocycles. The van der Waals surface area contributed by atoms with E-state index in [4.69, 9.17) is 0 Å². The zero-order chi connectivity index (χ0) is 12.8. The minimum atomic E-state index is -0.926. The van der Waals surface area contributed by atoms with Crippen molar-refractivity contribution >= 4 is 33.4 Å². The van der Waals surface area contributed by atoms with Crippen LogP contribution in [-0.2, 0) is 9.59 Å². The van der Waals surface area contributed by atoms with Crippen LogP contribution in [0, 0.1) is 0 Å². The van der Waals surface area contributed by atoms with E-state index < -0.39 is 5.54 Å². The summed E-state index contributed by atoms with van der Waals surface area (Å²) in [7, 11) is 0. The Morgan fingerprint density at radius 2 is 1.94 bits per heavy atom. The number of halogens is 1. The van der Waals surface area contributed by atoms with Gasteiger partial charge >= 0.3 is 0 Å². The minimum absolute atomic E-state index is 0.130. The maximum atomic E-state index is 12.4. The van der Waals surface area contributed by atoms with Crippen LogP contribution < -0.4 is 4.90 Å². The first-order chi connectivity index (χ1) is 8.62. The second-order valence-corrected chi connectivity index (χ2v) is 5.35. The van der Waals surface area contributed by atoms with Crippen LogP contribution in [0.2, 0.25) is 0 Å². The van der Waals surface area contributed by atoms with Gasteiger partial charge in [-0.3, -0.25) is 9.59 Å². The highest BCUT2D eigenvalue weighted by molar-refractivity contribution is 9.10. The average molecular weight is 308 g/mol. The molecule has 6 heteroatoms. The molecule has 1 saturated heterocycles. The van der Waals surface area contributed by atoms with Crippen molar-refractivity contribution in [1.29, 1.82) is 0 Å². The zero-order valence-corrected chi connectivity index (χ0v) is 11.1. The third-order valence-corrected chi connectivity index (χ3v) is 3.80. The fourth-order valence-electron chi connectivity index (χ4n) is 2.32. The lowest BCUT2D eigenvalue weighted by Gasteiger charge is -2.17. The molecule has 1 unspecified atom stereocenters. The van der Waals surface area contributed by atoms with Gasteiger partial charge in [0.15, 0.2) is 5.54 Å². The fourth-order valence-corrected chi connectivity index (χ4v) is 2.59. The number of amides is 2. The molecule has 2 aliphatic rings. The van der Waals surface area contributed by atoms with Crippen LogP contribution in [0.5, 0.6) is 0 Å². The van der Waals surface area contributed by atoms with Crippen LogP contribution in [-0.4, -0.2) is 23.9 Å². The van der Waals surface area contributed by atoms with Gasteiger partial charge in [-0.05, 0) is 24.3 Å². The van der Waals surface area contributed by atoms with E-state index in [-0.39, 0.29) is 18.2 Å². The van der Waals surface area contributed by atoms with Crippen molar-refractivity contribution in [2.75, 3.05) is 11.4 Å². The highest BCUT2D eigenvalue weighted by Crippen LogP contribution is 2.37. The Labute approximate surface area is 112 Å². The molecule has 1 atom stereocenters. The van der Waals surface area contributed by atoms with Crippen molar-refractivity contribution in [3.63, 3.8) is 0 Å². The number of nitrogens with zero attached hydrogens (tertiary/aromatic N) is 3. The molecule has 3 rings (SSSR count). The van der Waals surface area contributed by atoms with Gasteiger partial charge in [0.1, 0.15) is 0 Å². The maximum Gasteiger partial charge on any atom is 0.264 e. The first-order valence-corrected chi connectivity index (χ1v) is 6.43. The lowest BCUT2D eigenvalue weighted by molar-refractivity contribution is -0.122. The SMILES string of the molecule is O=C1CC2(CCN=N2)C(=O)N1c1ccc(Br)cc1. The Hall–Kier alpha value is -1.56. The number of rotatable bonds is 1. The van der Waals surface area contributed by atoms with E-state index in [9.17, 15) is 9.59 Å². The summed E-state index contributed by atoms with van der Waals surface area (Å²) in [5, 5.41) is 7.86. The minimum Gasteiger partial charge on any atom is -0.274 e. The molecule has 0 aliphatic carbocycles. The lowest BCUT2D eigenvalue weighted by Crippen LogP contribution is -2.38. The summed E-state index contributed by atoms with van der Waals surface area (Å²) >= 11 is 3.32. The number of carbonyl (C=O) groups is 2.